The first kappa shape index (κ1) is 15.6. The lowest BCUT2D eigenvalue weighted by molar-refractivity contribution is -0.126. The van der Waals surface area contributed by atoms with Gasteiger partial charge in [-0.25, -0.2) is 0 Å². The number of imide groups is 1. The minimum atomic E-state index is -0.252. The summed E-state index contributed by atoms with van der Waals surface area (Å²) in [7, 11) is 1.71. The van der Waals surface area contributed by atoms with Gasteiger partial charge in [-0.2, -0.15) is 0 Å². The van der Waals surface area contributed by atoms with Crippen LogP contribution in [0.25, 0.3) is 0 Å². The third-order valence-corrected chi connectivity index (χ3v) is 10.3. The maximum absolute atomic E-state index is 12.5. The lowest BCUT2D eigenvalue weighted by atomic mass is 9.69. The van der Waals surface area contributed by atoms with Gasteiger partial charge >= 0.3 is 0 Å². The van der Waals surface area contributed by atoms with Crippen LogP contribution in [0.15, 0.2) is 23.5 Å². The van der Waals surface area contributed by atoms with Crippen LogP contribution in [0.4, 0.5) is 0 Å². The van der Waals surface area contributed by atoms with Crippen LogP contribution in [0.1, 0.15) is 32.1 Å². The first-order chi connectivity index (χ1) is 11.4. The van der Waals surface area contributed by atoms with Crippen molar-refractivity contribution >= 4 is 43.7 Å². The highest BCUT2D eigenvalue weighted by Gasteiger charge is 2.86. The zero-order chi connectivity index (χ0) is 16.9. The van der Waals surface area contributed by atoms with Crippen LogP contribution < -0.4 is 5.32 Å². The molecule has 0 bridgehead atoms. The van der Waals surface area contributed by atoms with Gasteiger partial charge in [0.15, 0.2) is 0 Å². The van der Waals surface area contributed by atoms with Gasteiger partial charge in [0.1, 0.15) is 5.76 Å². The summed E-state index contributed by atoms with van der Waals surface area (Å²) in [6.07, 6.45) is 9.42. The molecule has 4 nitrogen and oxygen atoms in total. The van der Waals surface area contributed by atoms with E-state index in [1.54, 1.807) is 7.11 Å². The largest absolute Gasteiger partial charge is 0.497 e. The second-order valence-corrected chi connectivity index (χ2v) is 11.3. The predicted octanol–water partition coefficient (Wildman–Crippen LogP) is 3.41. The minimum absolute atomic E-state index is 0.0398. The normalized spacial score (nSPS) is 47.4. The standard InChI is InChI=1S/C18H19Br2NO3/c1-24-12-8-17-6-2-5-16(17,18(17,19)20)7-11-9(12)3-4-10-13(11)15(23)21-14(10)22/h3,8,10-11,13H,2,4-7H2,1H3,(H,21,22,23)/t10-,11+,13-,16-,17+/m1/s1. The summed E-state index contributed by atoms with van der Waals surface area (Å²) in [6.45, 7) is 0. The summed E-state index contributed by atoms with van der Waals surface area (Å²) in [5, 5.41) is 2.56. The van der Waals surface area contributed by atoms with E-state index < -0.39 is 0 Å². The first-order valence-corrected chi connectivity index (χ1v) is 10.2. The Morgan fingerprint density at radius 1 is 1.21 bits per heavy atom. The number of hydrogen-bond acceptors (Lipinski definition) is 3. The summed E-state index contributed by atoms with van der Waals surface area (Å²) >= 11 is 7.88. The smallest absolute Gasteiger partial charge is 0.231 e. The van der Waals surface area contributed by atoms with E-state index in [-0.39, 0.29) is 43.6 Å². The van der Waals surface area contributed by atoms with Crippen LogP contribution in [0.2, 0.25) is 0 Å². The molecule has 5 aliphatic rings. The minimum Gasteiger partial charge on any atom is -0.497 e. The van der Waals surface area contributed by atoms with Gasteiger partial charge in [0, 0.05) is 16.7 Å². The van der Waals surface area contributed by atoms with Gasteiger partial charge in [-0.3, -0.25) is 14.9 Å². The van der Waals surface area contributed by atoms with Gasteiger partial charge in [-0.1, -0.05) is 44.4 Å². The lowest BCUT2D eigenvalue weighted by Crippen LogP contribution is -2.34. The highest BCUT2D eigenvalue weighted by Crippen LogP contribution is 2.90. The van der Waals surface area contributed by atoms with Crippen molar-refractivity contribution in [2.45, 2.75) is 35.3 Å². The van der Waals surface area contributed by atoms with Crippen molar-refractivity contribution in [2.75, 3.05) is 7.11 Å². The van der Waals surface area contributed by atoms with Crippen LogP contribution in [-0.2, 0) is 14.3 Å². The highest BCUT2D eigenvalue weighted by molar-refractivity contribution is 9.25. The summed E-state index contributed by atoms with van der Waals surface area (Å²) in [5.41, 5.74) is 1.27. The van der Waals surface area contributed by atoms with E-state index in [0.717, 1.165) is 30.6 Å². The molecule has 0 aromatic rings. The molecule has 6 heteroatoms. The van der Waals surface area contributed by atoms with Crippen LogP contribution in [0, 0.1) is 28.6 Å². The summed E-state index contributed by atoms with van der Waals surface area (Å²) < 4.78 is 5.65. The fourth-order valence-corrected chi connectivity index (χ4v) is 8.81. The van der Waals surface area contributed by atoms with Crippen LogP contribution in [-0.4, -0.2) is 22.2 Å². The summed E-state index contributed by atoms with van der Waals surface area (Å²) in [6, 6.07) is 0. The van der Waals surface area contributed by atoms with Gasteiger partial charge in [0.25, 0.3) is 0 Å². The van der Waals surface area contributed by atoms with E-state index in [1.807, 2.05) is 0 Å². The Morgan fingerprint density at radius 2 is 2.00 bits per heavy atom. The average molecular weight is 457 g/mol. The molecule has 1 saturated heterocycles. The number of amides is 2. The summed E-state index contributed by atoms with van der Waals surface area (Å²) in [5.74, 6) is 0.274. The maximum Gasteiger partial charge on any atom is 0.231 e. The van der Waals surface area contributed by atoms with E-state index >= 15 is 0 Å². The van der Waals surface area contributed by atoms with Gasteiger partial charge in [-0.05, 0) is 37.3 Å². The van der Waals surface area contributed by atoms with E-state index in [9.17, 15) is 9.59 Å². The van der Waals surface area contributed by atoms with Gasteiger partial charge < -0.3 is 4.74 Å². The Kier molecular flexibility index (Phi) is 2.97. The van der Waals surface area contributed by atoms with Crippen molar-refractivity contribution in [1.82, 2.24) is 5.32 Å². The fraction of sp³-hybridized carbons (Fsp3) is 0.667. The fourth-order valence-electron chi connectivity index (χ4n) is 6.19. The molecule has 0 unspecified atom stereocenters. The summed E-state index contributed by atoms with van der Waals surface area (Å²) in [4.78, 5) is 24.7. The van der Waals surface area contributed by atoms with Gasteiger partial charge in [0.2, 0.25) is 11.8 Å². The van der Waals surface area contributed by atoms with E-state index in [1.165, 1.54) is 6.42 Å². The molecule has 2 saturated carbocycles. The molecule has 128 valence electrons. The number of rotatable bonds is 1. The number of hydrogen-bond donors (Lipinski definition) is 1. The maximum atomic E-state index is 12.5. The molecular formula is C18H19Br2NO3. The molecule has 3 fully saturated rings. The molecule has 1 aliphatic heterocycles. The Bertz CT molecular complexity index is 743. The topological polar surface area (TPSA) is 55.4 Å². The number of ether oxygens (including phenoxy) is 1. The van der Waals surface area contributed by atoms with Crippen molar-refractivity contribution in [2.24, 2.45) is 28.6 Å². The number of carbonyl (C=O) groups is 2. The number of carbonyl (C=O) groups excluding carboxylic acids is 2. The quantitative estimate of drug-likeness (QED) is 0.485. The van der Waals surface area contributed by atoms with Gasteiger partial charge in [-0.15, -0.1) is 0 Å². The predicted molar refractivity (Wildman–Crippen MR) is 95.3 cm³/mol. The Balaban J connectivity index is 1.67. The number of halogens is 2. The van der Waals surface area contributed by atoms with E-state index in [0.29, 0.717) is 6.42 Å². The molecule has 5 atom stereocenters. The molecule has 0 radical (unpaired) electrons. The molecule has 0 aromatic heterocycles. The monoisotopic (exact) mass is 455 g/mol. The van der Waals surface area contributed by atoms with E-state index in [4.69, 9.17) is 4.74 Å². The second-order valence-electron chi connectivity index (χ2n) is 7.89. The third-order valence-electron chi connectivity index (χ3n) is 7.32. The zero-order valence-electron chi connectivity index (χ0n) is 13.4. The SMILES string of the molecule is COC1=C[C@@]23CCC[C@]2(C[C@H]2C1=CC[C@H]1C(=O)NC(=O)[C@H]12)C3(Br)Br. The Morgan fingerprint density at radius 3 is 2.75 bits per heavy atom. The molecule has 1 N–H and O–H groups in total. The van der Waals surface area contributed by atoms with Crippen molar-refractivity contribution in [3.05, 3.63) is 23.5 Å². The lowest BCUT2D eigenvalue weighted by Gasteiger charge is -2.34. The molecule has 0 aromatic carbocycles. The number of nitrogens with one attached hydrogen (secondary N) is 1. The average Bonchev–Trinajstić information content (AvgIpc) is 2.85. The number of methoxy groups -OCH3 is 1. The molecule has 1 heterocycles. The molecule has 4 aliphatic carbocycles. The Hall–Kier alpha value is -0.620. The highest BCUT2D eigenvalue weighted by atomic mass is 79.9. The van der Waals surface area contributed by atoms with Crippen molar-refractivity contribution < 1.29 is 14.3 Å². The second kappa shape index (κ2) is 4.56. The van der Waals surface area contributed by atoms with Crippen molar-refractivity contribution in [1.29, 1.82) is 0 Å². The Labute approximate surface area is 157 Å². The number of allylic oxidation sites excluding steroid dienone is 3. The number of alkyl halides is 2. The first-order valence-electron chi connectivity index (χ1n) is 8.58. The van der Waals surface area contributed by atoms with Crippen LogP contribution in [0.5, 0.6) is 0 Å². The molecule has 24 heavy (non-hydrogen) atoms. The molecule has 5 rings (SSSR count). The van der Waals surface area contributed by atoms with Crippen molar-refractivity contribution in [3.63, 3.8) is 0 Å². The number of fused-ring (bicyclic) bond motifs is 3. The van der Waals surface area contributed by atoms with Crippen molar-refractivity contribution in [3.8, 4) is 0 Å². The third kappa shape index (κ3) is 1.48. The zero-order valence-corrected chi connectivity index (χ0v) is 16.6. The molecule has 0 spiro atoms. The van der Waals surface area contributed by atoms with Crippen LogP contribution >= 0.6 is 31.9 Å². The molecular weight excluding hydrogens is 438 g/mol. The van der Waals surface area contributed by atoms with E-state index in [2.05, 4.69) is 49.3 Å². The van der Waals surface area contributed by atoms with Gasteiger partial charge in [0.05, 0.1) is 22.2 Å². The molecule has 2 amide bonds. The van der Waals surface area contributed by atoms with Crippen LogP contribution in [0.3, 0.4) is 0 Å².